The fraction of sp³-hybridized carbons (Fsp3) is 0.929. The van der Waals surface area contributed by atoms with Gasteiger partial charge in [-0.15, -0.1) is 0 Å². The highest BCUT2D eigenvalue weighted by molar-refractivity contribution is 5.69. The number of aliphatic hydroxyl groups is 1. The fourth-order valence-corrected chi connectivity index (χ4v) is 3.20. The highest BCUT2D eigenvalue weighted by Gasteiger charge is 2.60. The summed E-state index contributed by atoms with van der Waals surface area (Å²) in [5.74, 6) is 0. The Morgan fingerprint density at radius 2 is 1.78 bits per heavy atom. The second-order valence-corrected chi connectivity index (χ2v) is 6.85. The second kappa shape index (κ2) is 4.41. The Kier molecular flexibility index (Phi) is 3.34. The lowest BCUT2D eigenvalue weighted by Gasteiger charge is -2.38. The number of carbonyl (C=O) groups is 1. The van der Waals surface area contributed by atoms with Crippen LogP contribution in [0.25, 0.3) is 0 Å². The third-order valence-electron chi connectivity index (χ3n) is 4.37. The summed E-state index contributed by atoms with van der Waals surface area (Å²) in [5.41, 5.74) is -0.787. The molecule has 1 amide bonds. The summed E-state index contributed by atoms with van der Waals surface area (Å²) < 4.78 is 5.36. The highest BCUT2D eigenvalue weighted by atomic mass is 16.6. The first-order valence-electron chi connectivity index (χ1n) is 6.95. The molecule has 2 aliphatic carbocycles. The molecule has 0 aliphatic heterocycles. The molecule has 2 rings (SSSR count). The number of carbonyl (C=O) groups excluding carboxylic acids is 1. The van der Waals surface area contributed by atoms with Crippen LogP contribution in [0.3, 0.4) is 0 Å². The molecular formula is C14H25NO3. The van der Waals surface area contributed by atoms with Gasteiger partial charge in [-0.3, -0.25) is 0 Å². The molecule has 0 unspecified atom stereocenters. The number of aliphatic hydroxyl groups excluding tert-OH is 1. The number of alkyl carbamates (subject to hydrolysis) is 1. The van der Waals surface area contributed by atoms with Crippen LogP contribution in [0.1, 0.15) is 59.3 Å². The first-order valence-corrected chi connectivity index (χ1v) is 6.95. The zero-order chi connectivity index (χ0) is 13.4. The lowest BCUT2D eigenvalue weighted by Crippen LogP contribution is -2.55. The van der Waals surface area contributed by atoms with Gasteiger partial charge in [-0.05, 0) is 46.5 Å². The van der Waals surface area contributed by atoms with Gasteiger partial charge >= 0.3 is 6.09 Å². The molecule has 2 aliphatic rings. The van der Waals surface area contributed by atoms with Crippen LogP contribution in [0.5, 0.6) is 0 Å². The maximum Gasteiger partial charge on any atom is 0.408 e. The quantitative estimate of drug-likeness (QED) is 0.815. The first kappa shape index (κ1) is 13.7. The van der Waals surface area contributed by atoms with Crippen LogP contribution in [-0.2, 0) is 4.74 Å². The summed E-state index contributed by atoms with van der Waals surface area (Å²) in [6.07, 6.45) is 5.86. The van der Waals surface area contributed by atoms with Crippen molar-refractivity contribution >= 4 is 6.09 Å². The molecule has 2 N–H and O–H groups in total. The van der Waals surface area contributed by atoms with Gasteiger partial charge in [-0.1, -0.05) is 12.8 Å². The van der Waals surface area contributed by atoms with E-state index in [2.05, 4.69) is 5.32 Å². The van der Waals surface area contributed by atoms with E-state index in [0.717, 1.165) is 38.5 Å². The average Bonchev–Trinajstić information content (AvgIpc) is 2.92. The van der Waals surface area contributed by atoms with E-state index in [1.54, 1.807) is 0 Å². The number of hydrogen-bond acceptors (Lipinski definition) is 3. The van der Waals surface area contributed by atoms with Crippen molar-refractivity contribution in [2.24, 2.45) is 5.41 Å². The maximum atomic E-state index is 12.0. The molecule has 0 bridgehead atoms. The van der Waals surface area contributed by atoms with Gasteiger partial charge in [0, 0.05) is 5.41 Å². The van der Waals surface area contributed by atoms with Crippen LogP contribution >= 0.6 is 0 Å². The minimum atomic E-state index is -0.472. The van der Waals surface area contributed by atoms with Gasteiger partial charge in [0.2, 0.25) is 0 Å². The third-order valence-corrected chi connectivity index (χ3v) is 4.37. The van der Waals surface area contributed by atoms with Crippen LogP contribution in [-0.4, -0.2) is 28.9 Å². The van der Waals surface area contributed by atoms with Crippen molar-refractivity contribution in [3.63, 3.8) is 0 Å². The van der Waals surface area contributed by atoms with E-state index in [9.17, 15) is 9.90 Å². The zero-order valence-corrected chi connectivity index (χ0v) is 11.7. The minimum Gasteiger partial charge on any atom is -0.444 e. The summed E-state index contributed by atoms with van der Waals surface area (Å²) in [4.78, 5) is 12.0. The minimum absolute atomic E-state index is 0.0829. The van der Waals surface area contributed by atoms with Gasteiger partial charge in [-0.2, -0.15) is 0 Å². The molecule has 18 heavy (non-hydrogen) atoms. The van der Waals surface area contributed by atoms with E-state index < -0.39 is 5.60 Å². The number of amides is 1. The van der Waals surface area contributed by atoms with Crippen LogP contribution in [0.2, 0.25) is 0 Å². The zero-order valence-electron chi connectivity index (χ0n) is 11.7. The first-order chi connectivity index (χ1) is 8.33. The summed E-state index contributed by atoms with van der Waals surface area (Å²) in [7, 11) is 0. The van der Waals surface area contributed by atoms with E-state index in [0.29, 0.717) is 0 Å². The van der Waals surface area contributed by atoms with Crippen molar-refractivity contribution < 1.29 is 14.6 Å². The normalized spacial score (nSPS) is 24.7. The number of rotatable bonds is 3. The smallest absolute Gasteiger partial charge is 0.408 e. The van der Waals surface area contributed by atoms with E-state index in [1.165, 1.54) is 0 Å². The Balaban J connectivity index is 2.06. The van der Waals surface area contributed by atoms with Gasteiger partial charge in [0.25, 0.3) is 0 Å². The van der Waals surface area contributed by atoms with Crippen LogP contribution in [0.15, 0.2) is 0 Å². The second-order valence-electron chi connectivity index (χ2n) is 6.85. The molecular weight excluding hydrogens is 230 g/mol. The SMILES string of the molecule is CC(C)(C)OC(=O)NC1(C2(CO)CC2)CCCC1. The lowest BCUT2D eigenvalue weighted by molar-refractivity contribution is 0.0328. The fourth-order valence-electron chi connectivity index (χ4n) is 3.20. The standard InChI is InChI=1S/C14H25NO3/c1-12(2,3)18-11(17)15-14(6-4-5-7-14)13(10-16)8-9-13/h16H,4-10H2,1-3H3,(H,15,17). The molecule has 0 heterocycles. The number of ether oxygens (including phenoxy) is 1. The van der Waals surface area contributed by atoms with Crippen molar-refractivity contribution in [3.8, 4) is 0 Å². The topological polar surface area (TPSA) is 58.6 Å². The Labute approximate surface area is 109 Å². The van der Waals surface area contributed by atoms with Gasteiger partial charge in [0.05, 0.1) is 12.1 Å². The van der Waals surface area contributed by atoms with Gasteiger partial charge in [-0.25, -0.2) is 4.79 Å². The Bertz CT molecular complexity index is 322. The van der Waals surface area contributed by atoms with Crippen molar-refractivity contribution in [2.45, 2.75) is 70.4 Å². The number of nitrogens with one attached hydrogen (secondary N) is 1. The lowest BCUT2D eigenvalue weighted by atomic mass is 9.79. The van der Waals surface area contributed by atoms with Crippen LogP contribution < -0.4 is 5.32 Å². The molecule has 0 spiro atoms. The molecule has 0 saturated heterocycles. The molecule has 2 fully saturated rings. The Morgan fingerprint density at radius 3 is 2.17 bits per heavy atom. The predicted octanol–water partition coefficient (Wildman–Crippen LogP) is 2.60. The largest absolute Gasteiger partial charge is 0.444 e. The van der Waals surface area contributed by atoms with Gasteiger partial charge < -0.3 is 15.2 Å². The molecule has 0 atom stereocenters. The monoisotopic (exact) mass is 255 g/mol. The molecule has 0 radical (unpaired) electrons. The Hall–Kier alpha value is -0.770. The van der Waals surface area contributed by atoms with E-state index in [-0.39, 0.29) is 23.7 Å². The van der Waals surface area contributed by atoms with Crippen molar-refractivity contribution in [1.29, 1.82) is 0 Å². The highest BCUT2D eigenvalue weighted by Crippen LogP contribution is 2.59. The van der Waals surface area contributed by atoms with E-state index in [1.807, 2.05) is 20.8 Å². The molecule has 4 nitrogen and oxygen atoms in total. The van der Waals surface area contributed by atoms with E-state index >= 15 is 0 Å². The molecule has 104 valence electrons. The van der Waals surface area contributed by atoms with Crippen molar-refractivity contribution in [2.75, 3.05) is 6.61 Å². The molecule has 4 heteroatoms. The van der Waals surface area contributed by atoms with Crippen LogP contribution in [0.4, 0.5) is 4.79 Å². The maximum absolute atomic E-state index is 12.0. The van der Waals surface area contributed by atoms with Crippen LogP contribution in [0, 0.1) is 5.41 Å². The summed E-state index contributed by atoms with van der Waals surface area (Å²) in [6.45, 7) is 5.77. The summed E-state index contributed by atoms with van der Waals surface area (Å²) in [5, 5.41) is 12.7. The summed E-state index contributed by atoms with van der Waals surface area (Å²) >= 11 is 0. The predicted molar refractivity (Wildman–Crippen MR) is 69.3 cm³/mol. The molecule has 0 aromatic carbocycles. The third kappa shape index (κ3) is 2.48. The molecule has 2 saturated carbocycles. The Morgan fingerprint density at radius 1 is 1.22 bits per heavy atom. The van der Waals surface area contributed by atoms with Gasteiger partial charge in [0.15, 0.2) is 0 Å². The number of hydrogen-bond donors (Lipinski definition) is 2. The summed E-state index contributed by atoms with van der Waals surface area (Å²) in [6, 6.07) is 0. The van der Waals surface area contributed by atoms with Gasteiger partial charge in [0.1, 0.15) is 5.60 Å². The molecule has 0 aromatic heterocycles. The molecule has 0 aromatic rings. The van der Waals surface area contributed by atoms with Crippen molar-refractivity contribution in [1.82, 2.24) is 5.32 Å². The average molecular weight is 255 g/mol. The van der Waals surface area contributed by atoms with Crippen molar-refractivity contribution in [3.05, 3.63) is 0 Å². The van der Waals surface area contributed by atoms with E-state index in [4.69, 9.17) is 4.74 Å².